The highest BCUT2D eigenvalue weighted by molar-refractivity contribution is 9.10. The van der Waals surface area contributed by atoms with Gasteiger partial charge in [0.25, 0.3) is 0 Å². The van der Waals surface area contributed by atoms with E-state index in [-0.39, 0.29) is 12.2 Å². The number of benzene rings is 4. The van der Waals surface area contributed by atoms with Gasteiger partial charge in [0.15, 0.2) is 0 Å². The van der Waals surface area contributed by atoms with Crippen molar-refractivity contribution in [3.63, 3.8) is 0 Å². The van der Waals surface area contributed by atoms with E-state index in [1.165, 1.54) is 33.2 Å². The molecule has 28 heavy (non-hydrogen) atoms. The minimum absolute atomic E-state index is 0.00124. The molecule has 1 aliphatic heterocycles. The van der Waals surface area contributed by atoms with E-state index in [1.807, 2.05) is 6.07 Å². The Balaban J connectivity index is 1.73. The monoisotopic (exact) mass is 492 g/mol. The number of fused-ring (bicyclic) bond motifs is 3. The van der Waals surface area contributed by atoms with Crippen molar-refractivity contribution in [2.45, 2.75) is 12.2 Å². The number of hydrogen-bond donors (Lipinski definition) is 2. The lowest BCUT2D eigenvalue weighted by Crippen LogP contribution is -2.37. The third-order valence-corrected chi connectivity index (χ3v) is 6.77. The average Bonchev–Trinajstić information content (AvgIpc) is 2.73. The van der Waals surface area contributed by atoms with Gasteiger partial charge in [0, 0.05) is 25.8 Å². The molecule has 1 heterocycles. The Morgan fingerprint density at radius 3 is 2.04 bits per heavy atom. The van der Waals surface area contributed by atoms with E-state index in [0.29, 0.717) is 0 Å². The number of hydrogen-bond acceptors (Lipinski definition) is 2. The third kappa shape index (κ3) is 3.06. The largest absolute Gasteiger partial charge is 0.366 e. The van der Waals surface area contributed by atoms with Gasteiger partial charge in [-0.25, -0.2) is 0 Å². The van der Waals surface area contributed by atoms with Crippen LogP contribution in [0.5, 0.6) is 0 Å². The maximum absolute atomic E-state index is 3.84. The molecule has 2 N–H and O–H groups in total. The van der Waals surface area contributed by atoms with Crippen molar-refractivity contribution in [2.75, 3.05) is 5.32 Å². The van der Waals surface area contributed by atoms with Gasteiger partial charge in [0.1, 0.15) is 6.17 Å². The molecular formula is C24H18Br2N2. The first-order chi connectivity index (χ1) is 13.7. The number of anilines is 1. The van der Waals surface area contributed by atoms with Crippen LogP contribution in [0.25, 0.3) is 10.8 Å². The van der Waals surface area contributed by atoms with Crippen LogP contribution in [0.4, 0.5) is 5.69 Å². The standard InChI is InChI=1S/C24H18Br2N2/c25-19-11-5-3-9-17(19)23-22-16-8-2-1-7-15(16)13-14-21(22)27-24(28-23)18-10-4-6-12-20(18)26/h1-14,23-24,27-28H. The zero-order valence-corrected chi connectivity index (χ0v) is 18.2. The summed E-state index contributed by atoms with van der Waals surface area (Å²) in [7, 11) is 0. The molecule has 0 aromatic heterocycles. The maximum Gasteiger partial charge on any atom is 0.105 e. The molecule has 0 spiro atoms. The number of halogens is 2. The smallest absolute Gasteiger partial charge is 0.105 e. The molecular weight excluding hydrogens is 476 g/mol. The van der Waals surface area contributed by atoms with Crippen LogP contribution >= 0.6 is 31.9 Å². The van der Waals surface area contributed by atoms with E-state index < -0.39 is 0 Å². The third-order valence-electron chi connectivity index (χ3n) is 5.32. The molecule has 4 aromatic rings. The fraction of sp³-hybridized carbons (Fsp3) is 0.0833. The van der Waals surface area contributed by atoms with Crippen molar-refractivity contribution in [3.05, 3.63) is 111 Å². The van der Waals surface area contributed by atoms with E-state index in [2.05, 4.69) is 121 Å². The fourth-order valence-electron chi connectivity index (χ4n) is 4.01. The van der Waals surface area contributed by atoms with Crippen LogP contribution in [0, 0.1) is 0 Å². The second kappa shape index (κ2) is 7.36. The van der Waals surface area contributed by atoms with Crippen LogP contribution in [-0.2, 0) is 0 Å². The zero-order chi connectivity index (χ0) is 19.1. The molecule has 4 heteroatoms. The molecule has 0 saturated heterocycles. The van der Waals surface area contributed by atoms with E-state index >= 15 is 0 Å². The van der Waals surface area contributed by atoms with Crippen molar-refractivity contribution in [1.82, 2.24) is 5.32 Å². The van der Waals surface area contributed by atoms with Gasteiger partial charge in [-0.1, -0.05) is 98.6 Å². The summed E-state index contributed by atoms with van der Waals surface area (Å²) in [6.07, 6.45) is 0.00124. The highest BCUT2D eigenvalue weighted by atomic mass is 79.9. The van der Waals surface area contributed by atoms with Crippen molar-refractivity contribution in [2.24, 2.45) is 0 Å². The van der Waals surface area contributed by atoms with Gasteiger partial charge in [0.05, 0.1) is 6.04 Å². The average molecular weight is 494 g/mol. The molecule has 0 bridgehead atoms. The molecule has 5 rings (SSSR count). The summed E-state index contributed by atoms with van der Waals surface area (Å²) in [6, 6.07) is 29.9. The summed E-state index contributed by atoms with van der Waals surface area (Å²) in [5, 5.41) is 10.1. The normalized spacial score (nSPS) is 18.5. The predicted molar refractivity (Wildman–Crippen MR) is 124 cm³/mol. The molecule has 0 radical (unpaired) electrons. The van der Waals surface area contributed by atoms with E-state index in [1.54, 1.807) is 0 Å². The highest BCUT2D eigenvalue weighted by Crippen LogP contribution is 2.43. The van der Waals surface area contributed by atoms with E-state index in [0.717, 1.165) is 8.95 Å². The summed E-state index contributed by atoms with van der Waals surface area (Å²) < 4.78 is 2.20. The lowest BCUT2D eigenvalue weighted by molar-refractivity contribution is 0.506. The molecule has 0 amide bonds. The Hall–Kier alpha value is -2.14. The lowest BCUT2D eigenvalue weighted by Gasteiger charge is -2.37. The molecule has 2 unspecified atom stereocenters. The van der Waals surface area contributed by atoms with E-state index in [9.17, 15) is 0 Å². The Labute approximate surface area is 181 Å². The minimum Gasteiger partial charge on any atom is -0.366 e. The summed E-state index contributed by atoms with van der Waals surface area (Å²) in [6.45, 7) is 0. The first-order valence-electron chi connectivity index (χ1n) is 9.25. The minimum atomic E-state index is 0.00124. The number of rotatable bonds is 2. The van der Waals surface area contributed by atoms with E-state index in [4.69, 9.17) is 0 Å². The lowest BCUT2D eigenvalue weighted by atomic mass is 9.89. The SMILES string of the molecule is Brc1ccccc1C1Nc2ccc3ccccc3c2C(c2ccccc2Br)N1. The molecule has 2 nitrogen and oxygen atoms in total. The van der Waals surface area contributed by atoms with Gasteiger partial charge < -0.3 is 5.32 Å². The van der Waals surface area contributed by atoms with Gasteiger partial charge in [-0.3, -0.25) is 5.32 Å². The fourth-order valence-corrected chi connectivity index (χ4v) is 5.04. The summed E-state index contributed by atoms with van der Waals surface area (Å²) in [4.78, 5) is 0. The van der Waals surface area contributed by atoms with Crippen molar-refractivity contribution in [1.29, 1.82) is 0 Å². The Kier molecular flexibility index (Phi) is 4.71. The molecule has 138 valence electrons. The molecule has 0 fully saturated rings. The Bertz CT molecular complexity index is 1170. The van der Waals surface area contributed by atoms with Crippen molar-refractivity contribution < 1.29 is 0 Å². The van der Waals surface area contributed by atoms with Crippen LogP contribution in [0.2, 0.25) is 0 Å². The molecule has 4 aromatic carbocycles. The van der Waals surface area contributed by atoms with Crippen LogP contribution in [0.3, 0.4) is 0 Å². The highest BCUT2D eigenvalue weighted by Gasteiger charge is 2.31. The second-order valence-corrected chi connectivity index (χ2v) is 8.68. The number of nitrogens with one attached hydrogen (secondary N) is 2. The first kappa shape index (κ1) is 17.9. The zero-order valence-electron chi connectivity index (χ0n) is 15.0. The molecule has 0 aliphatic carbocycles. The van der Waals surface area contributed by atoms with Gasteiger partial charge in [-0.2, -0.15) is 0 Å². The van der Waals surface area contributed by atoms with Gasteiger partial charge in [-0.15, -0.1) is 0 Å². The van der Waals surface area contributed by atoms with Crippen LogP contribution in [0.15, 0.2) is 93.9 Å². The quantitative estimate of drug-likeness (QED) is 0.309. The van der Waals surface area contributed by atoms with Gasteiger partial charge in [-0.05, 0) is 34.5 Å². The second-order valence-electron chi connectivity index (χ2n) is 6.97. The van der Waals surface area contributed by atoms with Crippen LogP contribution in [0.1, 0.15) is 28.9 Å². The summed E-state index contributed by atoms with van der Waals surface area (Å²) in [5.74, 6) is 0. The van der Waals surface area contributed by atoms with Gasteiger partial charge in [0.2, 0.25) is 0 Å². The van der Waals surface area contributed by atoms with Crippen LogP contribution in [-0.4, -0.2) is 0 Å². The Morgan fingerprint density at radius 2 is 1.29 bits per heavy atom. The Morgan fingerprint density at radius 1 is 0.643 bits per heavy atom. The molecule has 0 saturated carbocycles. The molecule has 2 atom stereocenters. The van der Waals surface area contributed by atoms with Gasteiger partial charge >= 0.3 is 0 Å². The van der Waals surface area contributed by atoms with Crippen molar-refractivity contribution >= 4 is 48.3 Å². The summed E-state index contributed by atoms with van der Waals surface area (Å²) in [5.41, 5.74) is 4.88. The topological polar surface area (TPSA) is 24.1 Å². The van der Waals surface area contributed by atoms with Crippen LogP contribution < -0.4 is 10.6 Å². The first-order valence-corrected chi connectivity index (χ1v) is 10.8. The maximum atomic E-state index is 3.84. The molecule has 1 aliphatic rings. The summed E-state index contributed by atoms with van der Waals surface area (Å²) >= 11 is 7.48. The predicted octanol–water partition coefficient (Wildman–Crippen LogP) is 7.17. The van der Waals surface area contributed by atoms with Crippen molar-refractivity contribution in [3.8, 4) is 0 Å².